The van der Waals surface area contributed by atoms with E-state index >= 15 is 0 Å². The topological polar surface area (TPSA) is 55.9 Å². The smallest absolute Gasteiger partial charge is 0.338 e. The first-order chi connectivity index (χ1) is 19.1. The Morgan fingerprint density at radius 2 is 1.55 bits per heavy atom. The molecule has 0 unspecified atom stereocenters. The molecular weight excluding hydrogens is 593 g/mol. The molecule has 0 aromatic heterocycles. The van der Waals surface area contributed by atoms with Gasteiger partial charge in [-0.15, -0.1) is 12.4 Å². The molecule has 2 fully saturated rings. The summed E-state index contributed by atoms with van der Waals surface area (Å²) >= 11 is 0. The lowest BCUT2D eigenvalue weighted by Crippen LogP contribution is -2.56. The number of piperazine rings is 1. The zero-order valence-electron chi connectivity index (χ0n) is 23.0. The van der Waals surface area contributed by atoms with Crippen LogP contribution < -0.4 is 5.32 Å². The zero-order chi connectivity index (χ0) is 30.1. The van der Waals surface area contributed by atoms with Crippen LogP contribution in [0.1, 0.15) is 46.7 Å². The van der Waals surface area contributed by atoms with Crippen LogP contribution in [-0.2, 0) is 23.7 Å². The number of piperidine rings is 1. The highest BCUT2D eigenvalue weighted by molar-refractivity contribution is 5.85. The fourth-order valence-corrected chi connectivity index (χ4v) is 5.49. The summed E-state index contributed by atoms with van der Waals surface area (Å²) in [6.45, 7) is 2.99. The van der Waals surface area contributed by atoms with Gasteiger partial charge in [-0.2, -0.15) is 26.3 Å². The molecule has 14 heteroatoms. The van der Waals surface area contributed by atoms with Crippen LogP contribution in [0.25, 0.3) is 0 Å². The van der Waals surface area contributed by atoms with Crippen LogP contribution >= 0.6 is 12.4 Å². The first-order valence-electron chi connectivity index (χ1n) is 13.2. The maximum absolute atomic E-state index is 13.9. The number of rotatable bonds is 4. The highest BCUT2D eigenvalue weighted by Crippen LogP contribution is 2.37. The molecule has 4 rings (SSSR count). The molecule has 232 valence electrons. The van der Waals surface area contributed by atoms with Gasteiger partial charge >= 0.3 is 18.4 Å². The standard InChI is InChI=1S/C28H31F7N4O2.ClH/c1-17-11-22(29)3-4-23(17)24-16-38(25(40)19-5-7-36-8-6-19)9-10-39(24)26(41)37(2)15-18-12-20(27(30,31)32)14-21(13-18)28(33,34)35;/h3-4,11-14,19,24,36H,5-10,15-16H2,1-2H3;1H/t24-;/m1./s1. The van der Waals surface area contributed by atoms with E-state index in [0.717, 1.165) is 4.90 Å². The van der Waals surface area contributed by atoms with Gasteiger partial charge in [0.15, 0.2) is 0 Å². The van der Waals surface area contributed by atoms with Crippen LogP contribution in [-0.4, -0.2) is 66.4 Å². The predicted octanol–water partition coefficient (Wildman–Crippen LogP) is 6.03. The van der Waals surface area contributed by atoms with Gasteiger partial charge in [0, 0.05) is 39.1 Å². The van der Waals surface area contributed by atoms with Crippen molar-refractivity contribution in [2.45, 2.75) is 44.7 Å². The summed E-state index contributed by atoms with van der Waals surface area (Å²) in [7, 11) is 1.29. The summed E-state index contributed by atoms with van der Waals surface area (Å²) in [6.07, 6.45) is -8.67. The van der Waals surface area contributed by atoms with E-state index in [1.54, 1.807) is 11.8 Å². The lowest BCUT2D eigenvalue weighted by Gasteiger charge is -2.44. The second-order valence-corrected chi connectivity index (χ2v) is 10.6. The van der Waals surface area contributed by atoms with Gasteiger partial charge in [0.1, 0.15) is 5.82 Å². The van der Waals surface area contributed by atoms with Crippen molar-refractivity contribution in [2.24, 2.45) is 5.92 Å². The Labute approximate surface area is 245 Å². The number of aryl methyl sites for hydroxylation is 1. The van der Waals surface area contributed by atoms with E-state index in [9.17, 15) is 40.3 Å². The first kappa shape index (κ1) is 33.4. The van der Waals surface area contributed by atoms with Gasteiger partial charge in [-0.3, -0.25) is 4.79 Å². The predicted molar refractivity (Wildman–Crippen MR) is 143 cm³/mol. The second-order valence-electron chi connectivity index (χ2n) is 10.6. The largest absolute Gasteiger partial charge is 0.416 e. The summed E-state index contributed by atoms with van der Waals surface area (Å²) in [5.41, 5.74) is -2.13. The number of hydrogen-bond donors (Lipinski definition) is 1. The van der Waals surface area contributed by atoms with Crippen molar-refractivity contribution in [2.75, 3.05) is 39.8 Å². The third-order valence-electron chi connectivity index (χ3n) is 7.61. The number of nitrogens with zero attached hydrogens (tertiary/aromatic N) is 3. The van der Waals surface area contributed by atoms with Gasteiger partial charge in [-0.05, 0) is 79.9 Å². The van der Waals surface area contributed by atoms with Crippen LogP contribution in [0.3, 0.4) is 0 Å². The number of amides is 3. The summed E-state index contributed by atoms with van der Waals surface area (Å²) in [4.78, 5) is 31.1. The molecule has 3 amide bonds. The number of benzene rings is 2. The number of halogens is 8. The Hall–Kier alpha value is -3.06. The minimum Gasteiger partial charge on any atom is -0.338 e. The van der Waals surface area contributed by atoms with E-state index in [1.165, 1.54) is 30.1 Å². The van der Waals surface area contributed by atoms with E-state index in [4.69, 9.17) is 0 Å². The monoisotopic (exact) mass is 624 g/mol. The minimum absolute atomic E-state index is 0. The molecular formula is C28H32ClF7N4O2. The van der Waals surface area contributed by atoms with Gasteiger partial charge in [0.25, 0.3) is 0 Å². The van der Waals surface area contributed by atoms with Gasteiger partial charge < -0.3 is 20.0 Å². The van der Waals surface area contributed by atoms with Crippen LogP contribution in [0.5, 0.6) is 0 Å². The molecule has 2 aliphatic heterocycles. The lowest BCUT2D eigenvalue weighted by molar-refractivity contribution is -0.143. The third kappa shape index (κ3) is 7.66. The molecule has 6 nitrogen and oxygen atoms in total. The Bertz CT molecular complexity index is 1250. The molecule has 42 heavy (non-hydrogen) atoms. The molecule has 2 aliphatic rings. The Kier molecular flexibility index (Phi) is 10.4. The number of carbonyl (C=O) groups is 2. The fourth-order valence-electron chi connectivity index (χ4n) is 5.49. The molecule has 0 aliphatic carbocycles. The lowest BCUT2D eigenvalue weighted by atomic mass is 9.94. The number of nitrogens with one attached hydrogen (secondary N) is 1. The highest BCUT2D eigenvalue weighted by Gasteiger charge is 2.39. The van der Waals surface area contributed by atoms with E-state index in [-0.39, 0.29) is 55.5 Å². The zero-order valence-corrected chi connectivity index (χ0v) is 23.8. The van der Waals surface area contributed by atoms with Crippen molar-refractivity contribution >= 4 is 24.3 Å². The van der Waals surface area contributed by atoms with Gasteiger partial charge in [0.05, 0.1) is 17.2 Å². The maximum Gasteiger partial charge on any atom is 0.416 e. The average Bonchev–Trinajstić information content (AvgIpc) is 2.91. The third-order valence-corrected chi connectivity index (χ3v) is 7.61. The molecule has 1 N–H and O–H groups in total. The molecule has 2 aromatic rings. The molecule has 2 aromatic carbocycles. The number of carbonyl (C=O) groups excluding carboxylic acids is 2. The summed E-state index contributed by atoms with van der Waals surface area (Å²) < 4.78 is 94.0. The maximum atomic E-state index is 13.9. The summed E-state index contributed by atoms with van der Waals surface area (Å²) in [6, 6.07) is 3.95. The summed E-state index contributed by atoms with van der Waals surface area (Å²) in [5, 5.41) is 3.21. The van der Waals surface area contributed by atoms with Crippen molar-refractivity contribution in [3.63, 3.8) is 0 Å². The van der Waals surface area contributed by atoms with Crippen molar-refractivity contribution in [1.82, 2.24) is 20.0 Å². The van der Waals surface area contributed by atoms with Crippen LogP contribution in [0.2, 0.25) is 0 Å². The molecule has 2 heterocycles. The Morgan fingerprint density at radius 3 is 2.10 bits per heavy atom. The van der Waals surface area contributed by atoms with Gasteiger partial charge in [-0.25, -0.2) is 9.18 Å². The number of urea groups is 1. The summed E-state index contributed by atoms with van der Waals surface area (Å²) in [5.74, 6) is -0.690. The number of alkyl halides is 6. The molecule has 0 radical (unpaired) electrons. The van der Waals surface area contributed by atoms with Crippen LogP contribution in [0, 0.1) is 18.7 Å². The second kappa shape index (κ2) is 13.1. The average molecular weight is 625 g/mol. The molecule has 0 spiro atoms. The van der Waals surface area contributed by atoms with E-state index in [0.29, 0.717) is 49.2 Å². The van der Waals surface area contributed by atoms with Crippen LogP contribution in [0.15, 0.2) is 36.4 Å². The minimum atomic E-state index is -5.01. The van der Waals surface area contributed by atoms with E-state index in [2.05, 4.69) is 5.32 Å². The molecule has 2 saturated heterocycles. The normalized spacial score (nSPS) is 18.5. The van der Waals surface area contributed by atoms with Crippen LogP contribution in [0.4, 0.5) is 35.5 Å². The quantitative estimate of drug-likeness (QED) is 0.423. The van der Waals surface area contributed by atoms with Crippen molar-refractivity contribution in [1.29, 1.82) is 0 Å². The first-order valence-corrected chi connectivity index (χ1v) is 13.2. The molecule has 0 saturated carbocycles. The Balaban J connectivity index is 0.00000484. The van der Waals surface area contributed by atoms with Crippen molar-refractivity contribution in [3.8, 4) is 0 Å². The molecule has 0 bridgehead atoms. The Morgan fingerprint density at radius 1 is 0.952 bits per heavy atom. The van der Waals surface area contributed by atoms with E-state index in [1.807, 2.05) is 0 Å². The van der Waals surface area contributed by atoms with E-state index < -0.39 is 47.9 Å². The van der Waals surface area contributed by atoms with Crippen molar-refractivity contribution in [3.05, 3.63) is 70.0 Å². The number of hydrogen-bond acceptors (Lipinski definition) is 3. The fraction of sp³-hybridized carbons (Fsp3) is 0.500. The van der Waals surface area contributed by atoms with Gasteiger partial charge in [-0.1, -0.05) is 6.07 Å². The molecule has 1 atom stereocenters. The van der Waals surface area contributed by atoms with Gasteiger partial charge in [0.2, 0.25) is 5.91 Å². The van der Waals surface area contributed by atoms with Crippen molar-refractivity contribution < 1.29 is 40.3 Å². The highest BCUT2D eigenvalue weighted by atomic mass is 35.5. The SMILES string of the molecule is Cc1cc(F)ccc1[C@H]1CN(C(=O)C2CCNCC2)CCN1C(=O)N(C)Cc1cc(C(F)(F)F)cc(C(F)(F)F)c1.Cl.